The van der Waals surface area contributed by atoms with Crippen LogP contribution in [0.5, 0.6) is 11.5 Å². The van der Waals surface area contributed by atoms with Crippen molar-refractivity contribution >= 4 is 0 Å². The molecule has 0 aromatic heterocycles. The predicted molar refractivity (Wildman–Crippen MR) is 74.4 cm³/mol. The molecule has 0 bridgehead atoms. The second-order valence-electron chi connectivity index (χ2n) is 6.01. The molecule has 0 atom stereocenters. The first-order valence-electron chi connectivity index (χ1n) is 6.90. The topological polar surface area (TPSA) is 47.7 Å². The van der Waals surface area contributed by atoms with Gasteiger partial charge in [-0.05, 0) is 62.0 Å². The Balaban J connectivity index is 1.69. The van der Waals surface area contributed by atoms with Crippen molar-refractivity contribution in [2.24, 2.45) is 11.1 Å². The molecular weight excluding hydrogens is 240 g/mol. The van der Waals surface area contributed by atoms with Crippen LogP contribution < -0.4 is 15.2 Å². The van der Waals surface area contributed by atoms with E-state index in [2.05, 4.69) is 31.0 Å². The fraction of sp³-hybridized carbons (Fsp3) is 0.600. The minimum Gasteiger partial charge on any atom is -0.454 e. The summed E-state index contributed by atoms with van der Waals surface area (Å²) in [7, 11) is 2.17. The normalized spacial score (nSPS) is 18.9. The van der Waals surface area contributed by atoms with E-state index in [9.17, 15) is 0 Å². The number of benzene rings is 1. The molecule has 0 radical (unpaired) electrons. The molecule has 2 aliphatic rings. The molecule has 1 aliphatic carbocycles. The van der Waals surface area contributed by atoms with Crippen LogP contribution in [0.15, 0.2) is 12.1 Å². The maximum absolute atomic E-state index is 5.85. The number of nitrogens with two attached hydrogens (primary N) is 1. The van der Waals surface area contributed by atoms with E-state index in [1.807, 2.05) is 0 Å². The Hall–Kier alpha value is -1.26. The Kier molecular flexibility index (Phi) is 3.15. The average molecular weight is 262 g/mol. The first-order chi connectivity index (χ1) is 9.12. The average Bonchev–Trinajstić information content (AvgIpc) is 3.00. The van der Waals surface area contributed by atoms with E-state index in [-0.39, 0.29) is 0 Å². The molecule has 1 aromatic rings. The van der Waals surface area contributed by atoms with Crippen molar-refractivity contribution in [1.82, 2.24) is 4.90 Å². The quantitative estimate of drug-likeness (QED) is 0.880. The number of ether oxygens (including phenoxy) is 2. The van der Waals surface area contributed by atoms with Crippen molar-refractivity contribution in [1.29, 1.82) is 0 Å². The van der Waals surface area contributed by atoms with Crippen LogP contribution >= 0.6 is 0 Å². The van der Waals surface area contributed by atoms with E-state index in [1.165, 1.54) is 24.0 Å². The van der Waals surface area contributed by atoms with Crippen LogP contribution in [-0.4, -0.2) is 31.8 Å². The van der Waals surface area contributed by atoms with Gasteiger partial charge in [-0.2, -0.15) is 0 Å². The Morgan fingerprint density at radius 1 is 1.26 bits per heavy atom. The van der Waals surface area contributed by atoms with Crippen molar-refractivity contribution < 1.29 is 9.47 Å². The van der Waals surface area contributed by atoms with Crippen molar-refractivity contribution in [2.75, 3.05) is 26.9 Å². The number of rotatable bonds is 5. The zero-order valence-electron chi connectivity index (χ0n) is 11.7. The molecule has 4 heteroatoms. The van der Waals surface area contributed by atoms with Gasteiger partial charge in [-0.1, -0.05) is 0 Å². The highest BCUT2D eigenvalue weighted by Crippen LogP contribution is 2.45. The van der Waals surface area contributed by atoms with Gasteiger partial charge < -0.3 is 20.1 Å². The molecule has 1 heterocycles. The van der Waals surface area contributed by atoms with Crippen LogP contribution in [-0.2, 0) is 6.54 Å². The molecule has 0 unspecified atom stereocenters. The maximum atomic E-state index is 5.85. The largest absolute Gasteiger partial charge is 0.454 e. The lowest BCUT2D eigenvalue weighted by Gasteiger charge is -2.23. The van der Waals surface area contributed by atoms with Gasteiger partial charge in [0.25, 0.3) is 0 Å². The van der Waals surface area contributed by atoms with Crippen LogP contribution in [0.3, 0.4) is 0 Å². The highest BCUT2D eigenvalue weighted by molar-refractivity contribution is 5.48. The van der Waals surface area contributed by atoms with Gasteiger partial charge in [0, 0.05) is 13.1 Å². The Morgan fingerprint density at radius 3 is 2.58 bits per heavy atom. The third-order valence-corrected chi connectivity index (χ3v) is 4.27. The van der Waals surface area contributed by atoms with Crippen LogP contribution in [0.4, 0.5) is 0 Å². The highest BCUT2D eigenvalue weighted by atomic mass is 16.7. The molecule has 2 N–H and O–H groups in total. The summed E-state index contributed by atoms with van der Waals surface area (Å²) in [6.07, 6.45) is 2.54. The van der Waals surface area contributed by atoms with E-state index in [0.717, 1.165) is 31.1 Å². The highest BCUT2D eigenvalue weighted by Gasteiger charge is 2.41. The maximum Gasteiger partial charge on any atom is 0.231 e. The van der Waals surface area contributed by atoms with E-state index in [4.69, 9.17) is 15.2 Å². The van der Waals surface area contributed by atoms with Crippen molar-refractivity contribution in [3.8, 4) is 11.5 Å². The molecule has 1 aromatic carbocycles. The van der Waals surface area contributed by atoms with E-state index < -0.39 is 0 Å². The van der Waals surface area contributed by atoms with Gasteiger partial charge in [-0.15, -0.1) is 0 Å². The second-order valence-corrected chi connectivity index (χ2v) is 6.01. The SMILES string of the molecule is Cc1cc2c(cc1CN(C)CC1(CN)CC1)OCO2. The summed E-state index contributed by atoms with van der Waals surface area (Å²) in [6, 6.07) is 4.18. The lowest BCUT2D eigenvalue weighted by atomic mass is 10.0. The molecule has 0 amide bonds. The predicted octanol–water partition coefficient (Wildman–Crippen LogP) is 1.89. The van der Waals surface area contributed by atoms with Crippen LogP contribution in [0.2, 0.25) is 0 Å². The van der Waals surface area contributed by atoms with Gasteiger partial charge in [-0.3, -0.25) is 0 Å². The number of fused-ring (bicyclic) bond motifs is 1. The van der Waals surface area contributed by atoms with E-state index in [0.29, 0.717) is 12.2 Å². The van der Waals surface area contributed by atoms with Crippen molar-refractivity contribution in [3.05, 3.63) is 23.3 Å². The van der Waals surface area contributed by atoms with E-state index in [1.54, 1.807) is 0 Å². The minimum atomic E-state index is 0.338. The first kappa shape index (κ1) is 12.8. The molecule has 1 saturated carbocycles. The molecule has 1 aliphatic heterocycles. The van der Waals surface area contributed by atoms with E-state index >= 15 is 0 Å². The van der Waals surface area contributed by atoms with Gasteiger partial charge >= 0.3 is 0 Å². The summed E-state index contributed by atoms with van der Waals surface area (Å²) in [5, 5.41) is 0. The summed E-state index contributed by atoms with van der Waals surface area (Å²) in [6.45, 7) is 5.28. The van der Waals surface area contributed by atoms with Gasteiger partial charge in [0.15, 0.2) is 11.5 Å². The summed E-state index contributed by atoms with van der Waals surface area (Å²) >= 11 is 0. The standard InChI is InChI=1S/C15H22N2O2/c1-11-5-13-14(19-10-18-13)6-12(11)7-17(2)9-15(8-16)3-4-15/h5-6H,3-4,7-10,16H2,1-2H3. The van der Waals surface area contributed by atoms with Crippen LogP contribution in [0, 0.1) is 12.3 Å². The molecule has 19 heavy (non-hydrogen) atoms. The lowest BCUT2D eigenvalue weighted by molar-refractivity contribution is 0.174. The third kappa shape index (κ3) is 2.55. The summed E-state index contributed by atoms with van der Waals surface area (Å²) in [4.78, 5) is 2.37. The number of aryl methyl sites for hydroxylation is 1. The molecular formula is C15H22N2O2. The summed E-state index contributed by atoms with van der Waals surface area (Å²) in [5.41, 5.74) is 8.80. The van der Waals surface area contributed by atoms with Crippen LogP contribution in [0.25, 0.3) is 0 Å². The van der Waals surface area contributed by atoms with Crippen LogP contribution in [0.1, 0.15) is 24.0 Å². The van der Waals surface area contributed by atoms with Gasteiger partial charge in [0.05, 0.1) is 0 Å². The minimum absolute atomic E-state index is 0.338. The smallest absolute Gasteiger partial charge is 0.231 e. The third-order valence-electron chi connectivity index (χ3n) is 4.27. The zero-order chi connectivity index (χ0) is 13.5. The molecule has 104 valence electrons. The lowest BCUT2D eigenvalue weighted by Crippen LogP contribution is -2.31. The fourth-order valence-electron chi connectivity index (χ4n) is 2.78. The monoisotopic (exact) mass is 262 g/mol. The molecule has 0 saturated heterocycles. The number of hydrogen-bond donors (Lipinski definition) is 1. The molecule has 1 fully saturated rings. The molecule has 3 rings (SSSR count). The number of hydrogen-bond acceptors (Lipinski definition) is 4. The first-order valence-corrected chi connectivity index (χ1v) is 6.90. The Morgan fingerprint density at radius 2 is 1.95 bits per heavy atom. The second kappa shape index (κ2) is 4.69. The Bertz CT molecular complexity index is 483. The van der Waals surface area contributed by atoms with Gasteiger partial charge in [0.1, 0.15) is 0 Å². The number of nitrogens with zero attached hydrogens (tertiary/aromatic N) is 1. The summed E-state index contributed by atoms with van der Waals surface area (Å²) in [5.74, 6) is 1.73. The zero-order valence-corrected chi connectivity index (χ0v) is 11.7. The molecule has 4 nitrogen and oxygen atoms in total. The summed E-state index contributed by atoms with van der Waals surface area (Å²) < 4.78 is 10.8. The van der Waals surface area contributed by atoms with Gasteiger partial charge in [0.2, 0.25) is 6.79 Å². The van der Waals surface area contributed by atoms with Gasteiger partial charge in [-0.25, -0.2) is 0 Å². The van der Waals surface area contributed by atoms with Crippen molar-refractivity contribution in [2.45, 2.75) is 26.3 Å². The molecule has 0 spiro atoms. The Labute approximate surface area is 114 Å². The van der Waals surface area contributed by atoms with Crippen molar-refractivity contribution in [3.63, 3.8) is 0 Å². The fourth-order valence-corrected chi connectivity index (χ4v) is 2.78.